The van der Waals surface area contributed by atoms with Crippen molar-refractivity contribution < 1.29 is 4.74 Å². The number of nitrogens with one attached hydrogen (secondary N) is 1. The summed E-state index contributed by atoms with van der Waals surface area (Å²) in [6.07, 6.45) is 0. The Hall–Kier alpha value is -2.19. The molecule has 0 atom stereocenters. The van der Waals surface area contributed by atoms with Gasteiger partial charge in [0, 0.05) is 12.7 Å². The monoisotopic (exact) mass is 283 g/mol. The van der Waals surface area contributed by atoms with Crippen molar-refractivity contribution in [3.63, 3.8) is 0 Å². The zero-order valence-electron chi connectivity index (χ0n) is 11.1. The average molecular weight is 284 g/mol. The first-order valence-corrected chi connectivity index (χ1v) is 6.78. The summed E-state index contributed by atoms with van der Waals surface area (Å²) in [5.41, 5.74) is 0.959. The Morgan fingerprint density at radius 3 is 2.45 bits per heavy atom. The van der Waals surface area contributed by atoms with E-state index in [0.29, 0.717) is 10.8 Å². The van der Waals surface area contributed by atoms with Crippen LogP contribution in [0.4, 0.5) is 5.69 Å². The third-order valence-corrected chi connectivity index (χ3v) is 3.46. The van der Waals surface area contributed by atoms with Crippen LogP contribution >= 0.6 is 11.6 Å². The summed E-state index contributed by atoms with van der Waals surface area (Å²) in [5.74, 6) is 1.43. The summed E-state index contributed by atoms with van der Waals surface area (Å²) in [6, 6.07) is 19.8. The van der Waals surface area contributed by atoms with Gasteiger partial charge in [-0.25, -0.2) is 0 Å². The van der Waals surface area contributed by atoms with Gasteiger partial charge in [-0.2, -0.15) is 0 Å². The van der Waals surface area contributed by atoms with Crippen LogP contribution in [0.3, 0.4) is 0 Å². The maximum absolute atomic E-state index is 6.21. The van der Waals surface area contributed by atoms with Crippen LogP contribution in [-0.2, 0) is 0 Å². The fourth-order valence-electron chi connectivity index (χ4n) is 2.10. The fourth-order valence-corrected chi connectivity index (χ4v) is 2.32. The van der Waals surface area contributed by atoms with E-state index < -0.39 is 0 Å². The van der Waals surface area contributed by atoms with Gasteiger partial charge in [-0.3, -0.25) is 0 Å². The van der Waals surface area contributed by atoms with Crippen LogP contribution in [-0.4, -0.2) is 7.05 Å². The van der Waals surface area contributed by atoms with Crippen LogP contribution in [0.1, 0.15) is 0 Å². The Bertz CT molecular complexity index is 755. The van der Waals surface area contributed by atoms with Gasteiger partial charge in [0.2, 0.25) is 0 Å². The SMILES string of the molecule is CNc1ccc(Oc2ccc3ccccc3c2)c(Cl)c1. The first-order chi connectivity index (χ1) is 9.76. The van der Waals surface area contributed by atoms with Crippen LogP contribution in [0.25, 0.3) is 10.8 Å². The summed E-state index contributed by atoms with van der Waals surface area (Å²) >= 11 is 6.21. The molecule has 3 aromatic carbocycles. The maximum Gasteiger partial charge on any atom is 0.146 e. The molecule has 3 heteroatoms. The van der Waals surface area contributed by atoms with Crippen LogP contribution < -0.4 is 10.1 Å². The van der Waals surface area contributed by atoms with Crippen molar-refractivity contribution in [2.75, 3.05) is 12.4 Å². The van der Waals surface area contributed by atoms with Crippen molar-refractivity contribution >= 4 is 28.1 Å². The van der Waals surface area contributed by atoms with Gasteiger partial charge in [0.1, 0.15) is 11.5 Å². The highest BCUT2D eigenvalue weighted by atomic mass is 35.5. The predicted molar refractivity (Wildman–Crippen MR) is 85.0 cm³/mol. The lowest BCUT2D eigenvalue weighted by Gasteiger charge is -2.10. The quantitative estimate of drug-likeness (QED) is 0.702. The van der Waals surface area contributed by atoms with Gasteiger partial charge in [-0.1, -0.05) is 41.9 Å². The van der Waals surface area contributed by atoms with Crippen molar-refractivity contribution in [2.24, 2.45) is 0 Å². The molecule has 3 rings (SSSR count). The summed E-state index contributed by atoms with van der Waals surface area (Å²) in [5, 5.41) is 5.97. The molecule has 2 nitrogen and oxygen atoms in total. The lowest BCUT2D eigenvalue weighted by atomic mass is 10.1. The summed E-state index contributed by atoms with van der Waals surface area (Å²) in [7, 11) is 1.86. The third-order valence-electron chi connectivity index (χ3n) is 3.17. The number of benzene rings is 3. The van der Waals surface area contributed by atoms with E-state index in [1.807, 2.05) is 55.6 Å². The standard InChI is InChI=1S/C17H14ClNO/c1-19-14-7-9-17(16(18)11-14)20-15-8-6-12-4-2-3-5-13(12)10-15/h2-11,19H,1H3. The minimum atomic E-state index is 0.588. The molecule has 0 unspecified atom stereocenters. The first-order valence-electron chi connectivity index (χ1n) is 6.40. The number of hydrogen-bond donors (Lipinski definition) is 1. The summed E-state index contributed by atoms with van der Waals surface area (Å²) in [6.45, 7) is 0. The van der Waals surface area contributed by atoms with E-state index in [1.165, 1.54) is 5.39 Å². The van der Waals surface area contributed by atoms with Gasteiger partial charge in [0.25, 0.3) is 0 Å². The Labute approximate surface area is 123 Å². The molecule has 0 fully saturated rings. The minimum Gasteiger partial charge on any atom is -0.456 e. The molecule has 0 aliphatic carbocycles. The Balaban J connectivity index is 1.92. The number of hydrogen-bond acceptors (Lipinski definition) is 2. The Morgan fingerprint density at radius 1 is 0.900 bits per heavy atom. The lowest BCUT2D eigenvalue weighted by Crippen LogP contribution is -1.90. The normalized spacial score (nSPS) is 10.5. The summed E-state index contributed by atoms with van der Waals surface area (Å²) < 4.78 is 5.86. The second kappa shape index (κ2) is 5.43. The van der Waals surface area contributed by atoms with Gasteiger partial charge < -0.3 is 10.1 Å². The fraction of sp³-hybridized carbons (Fsp3) is 0.0588. The number of anilines is 1. The molecule has 100 valence electrons. The largest absolute Gasteiger partial charge is 0.456 e. The Morgan fingerprint density at radius 2 is 1.70 bits per heavy atom. The molecule has 3 aromatic rings. The van der Waals surface area contributed by atoms with Crippen molar-refractivity contribution in [2.45, 2.75) is 0 Å². The Kier molecular flexibility index (Phi) is 3.48. The highest BCUT2D eigenvalue weighted by molar-refractivity contribution is 6.32. The molecule has 0 spiro atoms. The smallest absolute Gasteiger partial charge is 0.146 e. The van der Waals surface area contributed by atoms with Gasteiger partial charge in [0.15, 0.2) is 0 Å². The van der Waals surface area contributed by atoms with Crippen LogP contribution in [0.5, 0.6) is 11.5 Å². The molecule has 20 heavy (non-hydrogen) atoms. The molecule has 0 amide bonds. The molecule has 0 heterocycles. The van der Waals surface area contributed by atoms with E-state index >= 15 is 0 Å². The molecular weight excluding hydrogens is 270 g/mol. The molecule has 1 N–H and O–H groups in total. The van der Waals surface area contributed by atoms with Gasteiger partial charge in [-0.05, 0) is 41.1 Å². The average Bonchev–Trinajstić information content (AvgIpc) is 2.49. The predicted octanol–water partition coefficient (Wildman–Crippen LogP) is 5.33. The topological polar surface area (TPSA) is 21.3 Å². The zero-order chi connectivity index (χ0) is 13.9. The number of halogens is 1. The van der Waals surface area contributed by atoms with Gasteiger partial charge >= 0.3 is 0 Å². The number of rotatable bonds is 3. The van der Waals surface area contributed by atoms with Gasteiger partial charge in [-0.15, -0.1) is 0 Å². The molecule has 0 radical (unpaired) electrons. The molecule has 0 aliphatic rings. The zero-order valence-corrected chi connectivity index (χ0v) is 11.8. The van der Waals surface area contributed by atoms with Crippen molar-refractivity contribution in [3.8, 4) is 11.5 Å². The van der Waals surface area contributed by atoms with E-state index in [-0.39, 0.29) is 0 Å². The molecule has 0 saturated heterocycles. The molecule has 0 bridgehead atoms. The van der Waals surface area contributed by atoms with Crippen LogP contribution in [0.15, 0.2) is 60.7 Å². The third kappa shape index (κ3) is 2.56. The molecule has 0 saturated carbocycles. The number of fused-ring (bicyclic) bond motifs is 1. The first kappa shape index (κ1) is 12.8. The minimum absolute atomic E-state index is 0.588. The van der Waals surface area contributed by atoms with E-state index in [0.717, 1.165) is 16.8 Å². The molecule has 0 aliphatic heterocycles. The van der Waals surface area contributed by atoms with E-state index in [9.17, 15) is 0 Å². The van der Waals surface area contributed by atoms with E-state index in [2.05, 4.69) is 17.4 Å². The van der Waals surface area contributed by atoms with Crippen LogP contribution in [0, 0.1) is 0 Å². The van der Waals surface area contributed by atoms with Crippen molar-refractivity contribution in [1.29, 1.82) is 0 Å². The van der Waals surface area contributed by atoms with E-state index in [4.69, 9.17) is 16.3 Å². The molecular formula is C17H14ClNO. The second-order valence-electron chi connectivity index (χ2n) is 4.51. The number of ether oxygens (including phenoxy) is 1. The maximum atomic E-state index is 6.21. The van der Waals surface area contributed by atoms with Crippen molar-refractivity contribution in [1.82, 2.24) is 0 Å². The lowest BCUT2D eigenvalue weighted by molar-refractivity contribution is 0.484. The summed E-state index contributed by atoms with van der Waals surface area (Å²) in [4.78, 5) is 0. The second-order valence-corrected chi connectivity index (χ2v) is 4.91. The molecule has 0 aromatic heterocycles. The van der Waals surface area contributed by atoms with E-state index in [1.54, 1.807) is 0 Å². The van der Waals surface area contributed by atoms with Gasteiger partial charge in [0.05, 0.1) is 5.02 Å². The highest BCUT2D eigenvalue weighted by Crippen LogP contribution is 2.32. The van der Waals surface area contributed by atoms with Crippen molar-refractivity contribution in [3.05, 3.63) is 65.7 Å². The highest BCUT2D eigenvalue weighted by Gasteiger charge is 2.05. The van der Waals surface area contributed by atoms with Crippen LogP contribution in [0.2, 0.25) is 5.02 Å².